The van der Waals surface area contributed by atoms with Gasteiger partial charge < -0.3 is 10.6 Å². The van der Waals surface area contributed by atoms with E-state index < -0.39 is 17.6 Å². The Balaban J connectivity index is 1.83. The predicted octanol–water partition coefficient (Wildman–Crippen LogP) is 3.98. The summed E-state index contributed by atoms with van der Waals surface area (Å²) < 4.78 is 39.1. The van der Waals surface area contributed by atoms with Gasteiger partial charge in [-0.15, -0.1) is 0 Å². The Kier molecular flexibility index (Phi) is 8.68. The minimum absolute atomic E-state index is 0.0413. The lowest BCUT2D eigenvalue weighted by molar-refractivity contribution is -0.137. The summed E-state index contributed by atoms with van der Waals surface area (Å²) in [6.45, 7) is 2.30. The number of hydrogen-bond donors (Lipinski definition) is 2. The lowest BCUT2D eigenvalue weighted by Crippen LogP contribution is -2.41. The standard InChI is InChI=1S/C21H23ClF3N3O2/c1-2-28(13-19(29)26-11-10-15-6-5-7-16(22)12-15)14-20(30)27-18-9-4-3-8-17(18)21(23,24)25/h3-9,12H,2,10-11,13-14H2,1H3,(H,26,29)(H,27,30). The lowest BCUT2D eigenvalue weighted by atomic mass is 10.1. The first-order valence-electron chi connectivity index (χ1n) is 9.38. The van der Waals surface area contributed by atoms with Crippen molar-refractivity contribution in [2.24, 2.45) is 0 Å². The summed E-state index contributed by atoms with van der Waals surface area (Å²) in [5.41, 5.74) is -0.241. The molecule has 0 aliphatic heterocycles. The SMILES string of the molecule is CCN(CC(=O)NCCc1cccc(Cl)c1)CC(=O)Nc1ccccc1C(F)(F)F. The molecule has 0 aliphatic rings. The van der Waals surface area contributed by atoms with Gasteiger partial charge in [0, 0.05) is 11.6 Å². The van der Waals surface area contributed by atoms with Crippen LogP contribution in [0.1, 0.15) is 18.1 Å². The molecule has 0 saturated heterocycles. The maximum atomic E-state index is 13.0. The van der Waals surface area contributed by atoms with E-state index in [4.69, 9.17) is 11.6 Å². The molecular weight excluding hydrogens is 419 g/mol. The molecule has 0 fully saturated rings. The van der Waals surface area contributed by atoms with Gasteiger partial charge in [-0.2, -0.15) is 13.2 Å². The molecule has 9 heteroatoms. The smallest absolute Gasteiger partial charge is 0.355 e. The van der Waals surface area contributed by atoms with E-state index in [0.717, 1.165) is 11.6 Å². The van der Waals surface area contributed by atoms with Gasteiger partial charge in [0.25, 0.3) is 0 Å². The Bertz CT molecular complexity index is 875. The zero-order valence-corrected chi connectivity index (χ0v) is 17.2. The second kappa shape index (κ2) is 11.0. The van der Waals surface area contributed by atoms with E-state index in [2.05, 4.69) is 10.6 Å². The normalized spacial score (nSPS) is 11.4. The van der Waals surface area contributed by atoms with Crippen LogP contribution in [0.3, 0.4) is 0 Å². The van der Waals surface area contributed by atoms with Gasteiger partial charge in [-0.1, -0.05) is 42.8 Å². The van der Waals surface area contributed by atoms with Gasteiger partial charge in [0.15, 0.2) is 0 Å². The van der Waals surface area contributed by atoms with Crippen LogP contribution in [0.25, 0.3) is 0 Å². The van der Waals surface area contributed by atoms with E-state index in [1.54, 1.807) is 17.9 Å². The minimum Gasteiger partial charge on any atom is -0.355 e. The second-order valence-corrected chi connectivity index (χ2v) is 7.06. The average Bonchev–Trinajstić information content (AvgIpc) is 2.67. The molecule has 0 saturated carbocycles. The number of amides is 2. The minimum atomic E-state index is -4.57. The van der Waals surface area contributed by atoms with Crippen LogP contribution in [0.2, 0.25) is 5.02 Å². The number of halogens is 4. The Morgan fingerprint density at radius 1 is 1.03 bits per heavy atom. The van der Waals surface area contributed by atoms with Gasteiger partial charge in [0.1, 0.15) is 0 Å². The van der Waals surface area contributed by atoms with Crippen LogP contribution in [0.4, 0.5) is 18.9 Å². The molecule has 0 aromatic heterocycles. The van der Waals surface area contributed by atoms with Gasteiger partial charge in [0.2, 0.25) is 11.8 Å². The van der Waals surface area contributed by atoms with E-state index in [1.165, 1.54) is 18.2 Å². The van der Waals surface area contributed by atoms with Crippen LogP contribution in [-0.4, -0.2) is 42.9 Å². The third-order valence-corrected chi connectivity index (χ3v) is 4.55. The number of carbonyl (C=O) groups excluding carboxylic acids is 2. The molecule has 2 amide bonds. The molecular formula is C21H23ClF3N3O2. The van der Waals surface area contributed by atoms with Crippen molar-refractivity contribution >= 4 is 29.1 Å². The first-order chi connectivity index (χ1) is 14.2. The van der Waals surface area contributed by atoms with Crippen molar-refractivity contribution in [2.75, 3.05) is 31.5 Å². The number of likely N-dealkylation sites (N-methyl/N-ethyl adjacent to an activating group) is 1. The lowest BCUT2D eigenvalue weighted by Gasteiger charge is -2.20. The third kappa shape index (κ3) is 7.68. The van der Waals surface area contributed by atoms with Gasteiger partial charge in [-0.05, 0) is 42.8 Å². The number of hydrogen-bond acceptors (Lipinski definition) is 3. The molecule has 5 nitrogen and oxygen atoms in total. The molecule has 0 heterocycles. The van der Waals surface area contributed by atoms with E-state index in [-0.39, 0.29) is 24.7 Å². The van der Waals surface area contributed by atoms with E-state index in [0.29, 0.717) is 24.5 Å². The quantitative estimate of drug-likeness (QED) is 0.619. The molecule has 0 bridgehead atoms. The summed E-state index contributed by atoms with van der Waals surface area (Å²) >= 11 is 5.92. The first kappa shape index (κ1) is 23.7. The highest BCUT2D eigenvalue weighted by Gasteiger charge is 2.33. The fourth-order valence-electron chi connectivity index (χ4n) is 2.81. The first-order valence-corrected chi connectivity index (χ1v) is 9.76. The molecule has 2 aromatic rings. The summed E-state index contributed by atoms with van der Waals surface area (Å²) in [5, 5.41) is 5.66. The van der Waals surface area contributed by atoms with Gasteiger partial charge >= 0.3 is 6.18 Å². The van der Waals surface area contributed by atoms with Crippen molar-refractivity contribution in [3.63, 3.8) is 0 Å². The fourth-order valence-corrected chi connectivity index (χ4v) is 3.02. The summed E-state index contributed by atoms with van der Waals surface area (Å²) in [6, 6.07) is 12.1. The maximum absolute atomic E-state index is 13.0. The molecule has 2 rings (SSSR count). The Morgan fingerprint density at radius 3 is 2.40 bits per heavy atom. The number of nitrogens with one attached hydrogen (secondary N) is 2. The Labute approximate surface area is 178 Å². The van der Waals surface area contributed by atoms with Crippen molar-refractivity contribution in [1.82, 2.24) is 10.2 Å². The van der Waals surface area contributed by atoms with Crippen molar-refractivity contribution in [3.05, 3.63) is 64.7 Å². The molecule has 0 unspecified atom stereocenters. The molecule has 2 aromatic carbocycles. The van der Waals surface area contributed by atoms with Crippen molar-refractivity contribution < 1.29 is 22.8 Å². The van der Waals surface area contributed by atoms with Gasteiger partial charge in [-0.3, -0.25) is 14.5 Å². The zero-order valence-electron chi connectivity index (χ0n) is 16.4. The zero-order chi connectivity index (χ0) is 22.1. The molecule has 162 valence electrons. The van der Waals surface area contributed by atoms with Crippen LogP contribution < -0.4 is 10.6 Å². The third-order valence-electron chi connectivity index (χ3n) is 4.31. The maximum Gasteiger partial charge on any atom is 0.418 e. The summed E-state index contributed by atoms with van der Waals surface area (Å²) in [6.07, 6.45) is -3.97. The number of para-hydroxylation sites is 1. The van der Waals surface area contributed by atoms with Gasteiger partial charge in [-0.25, -0.2) is 0 Å². The molecule has 0 spiro atoms. The van der Waals surface area contributed by atoms with Crippen LogP contribution >= 0.6 is 11.6 Å². The highest BCUT2D eigenvalue weighted by Crippen LogP contribution is 2.34. The largest absolute Gasteiger partial charge is 0.418 e. The molecule has 0 aliphatic carbocycles. The monoisotopic (exact) mass is 441 g/mol. The summed E-state index contributed by atoms with van der Waals surface area (Å²) in [5.74, 6) is -0.900. The van der Waals surface area contributed by atoms with E-state index in [9.17, 15) is 22.8 Å². The van der Waals surface area contributed by atoms with Crippen molar-refractivity contribution in [2.45, 2.75) is 19.5 Å². The fraction of sp³-hybridized carbons (Fsp3) is 0.333. The number of alkyl halides is 3. The average molecular weight is 442 g/mol. The highest BCUT2D eigenvalue weighted by atomic mass is 35.5. The molecule has 0 atom stereocenters. The molecule has 0 radical (unpaired) electrons. The summed E-state index contributed by atoms with van der Waals surface area (Å²) in [4.78, 5) is 25.9. The van der Waals surface area contributed by atoms with Crippen LogP contribution in [-0.2, 0) is 22.2 Å². The van der Waals surface area contributed by atoms with Crippen LogP contribution in [0.5, 0.6) is 0 Å². The van der Waals surface area contributed by atoms with Crippen molar-refractivity contribution in [3.8, 4) is 0 Å². The number of anilines is 1. The molecule has 30 heavy (non-hydrogen) atoms. The Morgan fingerprint density at radius 2 is 1.73 bits per heavy atom. The van der Waals surface area contributed by atoms with Crippen molar-refractivity contribution in [1.29, 1.82) is 0 Å². The highest BCUT2D eigenvalue weighted by molar-refractivity contribution is 6.30. The van der Waals surface area contributed by atoms with E-state index >= 15 is 0 Å². The number of benzene rings is 2. The second-order valence-electron chi connectivity index (χ2n) is 6.62. The molecule has 2 N–H and O–H groups in total. The summed E-state index contributed by atoms with van der Waals surface area (Å²) in [7, 11) is 0. The number of rotatable bonds is 9. The van der Waals surface area contributed by atoms with E-state index in [1.807, 2.05) is 18.2 Å². The number of carbonyl (C=O) groups is 2. The van der Waals surface area contributed by atoms with Crippen LogP contribution in [0, 0.1) is 0 Å². The number of nitrogens with zero attached hydrogens (tertiary/aromatic N) is 1. The van der Waals surface area contributed by atoms with Gasteiger partial charge in [0.05, 0.1) is 24.3 Å². The predicted molar refractivity (Wildman–Crippen MR) is 110 cm³/mol. The Hall–Kier alpha value is -2.58. The topological polar surface area (TPSA) is 61.4 Å². The van der Waals surface area contributed by atoms with Crippen LogP contribution in [0.15, 0.2) is 48.5 Å².